The summed E-state index contributed by atoms with van der Waals surface area (Å²) in [5.41, 5.74) is 2.32. The van der Waals surface area contributed by atoms with Gasteiger partial charge in [-0.3, -0.25) is 0 Å². The maximum absolute atomic E-state index is 12.5. The van der Waals surface area contributed by atoms with Crippen LogP contribution in [0.3, 0.4) is 0 Å². The number of hydrogen-bond acceptors (Lipinski definition) is 2. The Bertz CT molecular complexity index is 392. The third-order valence-electron chi connectivity index (χ3n) is 2.87. The molecule has 0 aliphatic heterocycles. The van der Waals surface area contributed by atoms with Crippen LogP contribution in [0.4, 0.5) is 13.2 Å². The van der Waals surface area contributed by atoms with Gasteiger partial charge in [-0.25, -0.2) is 0 Å². The zero-order chi connectivity index (χ0) is 13.9. The lowest BCUT2D eigenvalue weighted by Gasteiger charge is -2.20. The third kappa shape index (κ3) is 3.63. The van der Waals surface area contributed by atoms with Crippen molar-refractivity contribution >= 4 is 0 Å². The van der Waals surface area contributed by atoms with Crippen LogP contribution >= 0.6 is 0 Å². The van der Waals surface area contributed by atoms with Crippen molar-refractivity contribution in [3.63, 3.8) is 0 Å². The van der Waals surface area contributed by atoms with Gasteiger partial charge in [-0.15, -0.1) is 0 Å². The standard InChI is InChI=1S/C13H18F3NO/c1-8-5-10(6-9(2)12(8)18-4)11(17-3)7-13(14,15)16/h5-6,11,17H,7H2,1-4H3. The lowest BCUT2D eigenvalue weighted by Crippen LogP contribution is -2.23. The van der Waals surface area contributed by atoms with Crippen molar-refractivity contribution in [2.75, 3.05) is 14.2 Å². The second-order valence-corrected chi connectivity index (χ2v) is 4.35. The SMILES string of the molecule is CNC(CC(F)(F)F)c1cc(C)c(OC)c(C)c1. The zero-order valence-electron chi connectivity index (χ0n) is 11.0. The predicted octanol–water partition coefficient (Wildman–Crippen LogP) is 3.52. The monoisotopic (exact) mass is 261 g/mol. The molecule has 0 heterocycles. The van der Waals surface area contributed by atoms with Gasteiger partial charge >= 0.3 is 6.18 Å². The molecule has 1 aromatic carbocycles. The number of nitrogens with one attached hydrogen (secondary N) is 1. The number of benzene rings is 1. The molecule has 18 heavy (non-hydrogen) atoms. The Balaban J connectivity index is 3.08. The Hall–Kier alpha value is -1.23. The van der Waals surface area contributed by atoms with E-state index in [0.717, 1.165) is 16.9 Å². The van der Waals surface area contributed by atoms with Gasteiger partial charge in [0.1, 0.15) is 5.75 Å². The molecule has 0 amide bonds. The Kier molecular flexibility index (Phi) is 4.62. The Labute approximate surface area is 105 Å². The first-order chi connectivity index (χ1) is 8.28. The second kappa shape index (κ2) is 5.61. The van der Waals surface area contributed by atoms with Crippen LogP contribution < -0.4 is 10.1 Å². The maximum Gasteiger partial charge on any atom is 0.390 e. The van der Waals surface area contributed by atoms with E-state index in [-0.39, 0.29) is 0 Å². The van der Waals surface area contributed by atoms with Gasteiger partial charge in [0.25, 0.3) is 0 Å². The largest absolute Gasteiger partial charge is 0.496 e. The number of methoxy groups -OCH3 is 1. The molecule has 1 rings (SSSR count). The summed E-state index contributed by atoms with van der Waals surface area (Å²) in [5.74, 6) is 0.723. The number of hydrogen-bond donors (Lipinski definition) is 1. The molecule has 0 spiro atoms. The van der Waals surface area contributed by atoms with E-state index >= 15 is 0 Å². The van der Waals surface area contributed by atoms with Crippen LogP contribution in [0.25, 0.3) is 0 Å². The minimum absolute atomic E-state index is 0.630. The first kappa shape index (κ1) is 14.8. The smallest absolute Gasteiger partial charge is 0.390 e. The van der Waals surface area contributed by atoms with Crippen molar-refractivity contribution < 1.29 is 17.9 Å². The number of alkyl halides is 3. The number of ether oxygens (including phenoxy) is 1. The minimum Gasteiger partial charge on any atom is -0.496 e. The third-order valence-corrected chi connectivity index (χ3v) is 2.87. The molecule has 0 fully saturated rings. The molecule has 1 N–H and O–H groups in total. The zero-order valence-corrected chi connectivity index (χ0v) is 11.0. The molecule has 0 aliphatic rings. The van der Waals surface area contributed by atoms with Gasteiger partial charge in [0.05, 0.1) is 13.5 Å². The molecule has 0 aromatic heterocycles. The van der Waals surface area contributed by atoms with Gasteiger partial charge in [-0.05, 0) is 37.6 Å². The van der Waals surface area contributed by atoms with Crippen LogP contribution in [0.5, 0.6) is 5.75 Å². The maximum atomic E-state index is 12.5. The molecule has 0 aliphatic carbocycles. The molecular weight excluding hydrogens is 243 g/mol. The first-order valence-corrected chi connectivity index (χ1v) is 5.67. The molecule has 0 saturated heterocycles. The number of halogens is 3. The van der Waals surface area contributed by atoms with Crippen LogP contribution in [-0.2, 0) is 0 Å². The summed E-state index contributed by atoms with van der Waals surface area (Å²) in [6.07, 6.45) is -5.07. The number of rotatable bonds is 4. The summed E-state index contributed by atoms with van der Waals surface area (Å²) >= 11 is 0. The Morgan fingerprint density at radius 3 is 2.06 bits per heavy atom. The quantitative estimate of drug-likeness (QED) is 0.895. The van der Waals surface area contributed by atoms with Crippen molar-refractivity contribution in [3.8, 4) is 5.75 Å². The van der Waals surface area contributed by atoms with Gasteiger partial charge < -0.3 is 10.1 Å². The van der Waals surface area contributed by atoms with E-state index in [1.807, 2.05) is 13.8 Å². The topological polar surface area (TPSA) is 21.3 Å². The molecule has 1 aromatic rings. The van der Waals surface area contributed by atoms with Crippen LogP contribution in [0, 0.1) is 13.8 Å². The summed E-state index contributed by atoms with van der Waals surface area (Å²) in [6.45, 7) is 3.66. The molecule has 2 nitrogen and oxygen atoms in total. The fraction of sp³-hybridized carbons (Fsp3) is 0.538. The fourth-order valence-electron chi connectivity index (χ4n) is 2.12. The van der Waals surface area contributed by atoms with Crippen molar-refractivity contribution in [2.45, 2.75) is 32.5 Å². The van der Waals surface area contributed by atoms with Crippen LogP contribution in [-0.4, -0.2) is 20.3 Å². The Morgan fingerprint density at radius 2 is 1.72 bits per heavy atom. The molecular formula is C13H18F3NO. The molecule has 1 unspecified atom stereocenters. The van der Waals surface area contributed by atoms with Gasteiger partial charge in [0, 0.05) is 6.04 Å². The van der Waals surface area contributed by atoms with Crippen molar-refractivity contribution in [1.29, 1.82) is 0 Å². The predicted molar refractivity (Wildman–Crippen MR) is 64.9 cm³/mol. The summed E-state index contributed by atoms with van der Waals surface area (Å²) in [4.78, 5) is 0. The van der Waals surface area contributed by atoms with E-state index in [1.165, 1.54) is 7.05 Å². The highest BCUT2D eigenvalue weighted by Gasteiger charge is 2.32. The average molecular weight is 261 g/mol. The summed E-state index contributed by atoms with van der Waals surface area (Å²) < 4.78 is 42.6. The lowest BCUT2D eigenvalue weighted by atomic mass is 9.98. The lowest BCUT2D eigenvalue weighted by molar-refractivity contribution is -0.140. The molecule has 1 atom stereocenters. The fourth-order valence-corrected chi connectivity index (χ4v) is 2.12. The molecule has 0 saturated carbocycles. The molecule has 5 heteroatoms. The molecule has 0 bridgehead atoms. The molecule has 102 valence electrons. The average Bonchev–Trinajstić information content (AvgIpc) is 2.24. The van der Waals surface area contributed by atoms with E-state index < -0.39 is 18.6 Å². The van der Waals surface area contributed by atoms with Crippen LogP contribution in [0.2, 0.25) is 0 Å². The molecule has 0 radical (unpaired) electrons. The summed E-state index contributed by atoms with van der Waals surface area (Å²) in [7, 11) is 3.09. The highest BCUT2D eigenvalue weighted by atomic mass is 19.4. The van der Waals surface area contributed by atoms with E-state index in [9.17, 15) is 13.2 Å². The Morgan fingerprint density at radius 1 is 1.22 bits per heavy atom. The van der Waals surface area contributed by atoms with Gasteiger partial charge in [0.15, 0.2) is 0 Å². The van der Waals surface area contributed by atoms with Crippen molar-refractivity contribution in [1.82, 2.24) is 5.32 Å². The van der Waals surface area contributed by atoms with E-state index in [2.05, 4.69) is 5.32 Å². The van der Waals surface area contributed by atoms with Crippen LogP contribution in [0.1, 0.15) is 29.2 Å². The first-order valence-electron chi connectivity index (χ1n) is 5.67. The summed E-state index contributed by atoms with van der Waals surface area (Å²) in [6, 6.07) is 2.74. The van der Waals surface area contributed by atoms with E-state index in [0.29, 0.717) is 5.56 Å². The summed E-state index contributed by atoms with van der Waals surface area (Å²) in [5, 5.41) is 2.71. The van der Waals surface area contributed by atoms with E-state index in [1.54, 1.807) is 19.2 Å². The second-order valence-electron chi connectivity index (χ2n) is 4.35. The van der Waals surface area contributed by atoms with Crippen molar-refractivity contribution in [3.05, 3.63) is 28.8 Å². The normalized spacial score (nSPS) is 13.5. The highest BCUT2D eigenvalue weighted by molar-refractivity contribution is 5.44. The van der Waals surface area contributed by atoms with Gasteiger partial charge in [-0.2, -0.15) is 13.2 Å². The van der Waals surface area contributed by atoms with E-state index in [4.69, 9.17) is 4.74 Å². The van der Waals surface area contributed by atoms with Crippen LogP contribution in [0.15, 0.2) is 12.1 Å². The van der Waals surface area contributed by atoms with Crippen molar-refractivity contribution in [2.24, 2.45) is 0 Å². The number of aryl methyl sites for hydroxylation is 2. The van der Waals surface area contributed by atoms with Gasteiger partial charge in [0.2, 0.25) is 0 Å². The minimum atomic E-state index is -4.19. The van der Waals surface area contributed by atoms with Gasteiger partial charge in [-0.1, -0.05) is 12.1 Å². The highest BCUT2D eigenvalue weighted by Crippen LogP contribution is 2.32.